The standard InChI is InChI=1S/C30H28ClFN2O7/c1-30-18(27(37)34(29(30)39)14-5-8-20(32)19(31)11-14)12-17-15(6-7-16-23(17)28(38)33(2)26(16)36)24(30)13-9-21(40-3)25(35)22(10-13)41-4/h5-6,8-11,16-18,23-24,35H,7,12H2,1-4H3/t16-,17+,18-,23-,24-,30+/m0/s1. The summed E-state index contributed by atoms with van der Waals surface area (Å²) >= 11 is 6.03. The van der Waals surface area contributed by atoms with Gasteiger partial charge in [-0.2, -0.15) is 0 Å². The third-order valence-electron chi connectivity index (χ3n) is 9.49. The molecule has 4 aliphatic rings. The Hall–Kier alpha value is -3.92. The van der Waals surface area contributed by atoms with Crippen LogP contribution in [-0.2, 0) is 19.2 Å². The van der Waals surface area contributed by atoms with Gasteiger partial charge in [-0.15, -0.1) is 0 Å². The molecule has 1 N–H and O–H groups in total. The molecule has 0 aromatic heterocycles. The number of amides is 4. The first-order valence-corrected chi connectivity index (χ1v) is 13.6. The normalized spacial score (nSPS) is 30.7. The number of aromatic hydroxyl groups is 1. The second-order valence-electron chi connectivity index (χ2n) is 11.3. The molecule has 2 saturated heterocycles. The maximum atomic E-state index is 14.4. The maximum absolute atomic E-state index is 14.4. The minimum absolute atomic E-state index is 0.113. The van der Waals surface area contributed by atoms with Crippen LogP contribution in [0.25, 0.3) is 0 Å². The average molecular weight is 583 g/mol. The van der Waals surface area contributed by atoms with Crippen LogP contribution in [-0.4, -0.2) is 54.9 Å². The molecule has 2 aliphatic carbocycles. The number of hydrogen-bond acceptors (Lipinski definition) is 7. The molecule has 6 atom stereocenters. The number of rotatable bonds is 4. The van der Waals surface area contributed by atoms with Gasteiger partial charge in [-0.25, -0.2) is 9.29 Å². The van der Waals surface area contributed by atoms with Gasteiger partial charge >= 0.3 is 0 Å². The molecule has 2 heterocycles. The Morgan fingerprint density at radius 1 is 1.00 bits per heavy atom. The highest BCUT2D eigenvalue weighted by Gasteiger charge is 2.67. The summed E-state index contributed by atoms with van der Waals surface area (Å²) in [6.07, 6.45) is 2.41. The molecule has 3 fully saturated rings. The van der Waals surface area contributed by atoms with Crippen LogP contribution in [0, 0.1) is 34.9 Å². The number of imide groups is 2. The smallest absolute Gasteiger partial charge is 0.241 e. The van der Waals surface area contributed by atoms with Crippen LogP contribution in [0.3, 0.4) is 0 Å². The summed E-state index contributed by atoms with van der Waals surface area (Å²) in [6, 6.07) is 6.87. The molecular formula is C30H28ClFN2O7. The average Bonchev–Trinajstić information content (AvgIpc) is 3.29. The number of phenols is 1. The fraction of sp³-hybridized carbons (Fsp3) is 0.400. The molecular weight excluding hydrogens is 555 g/mol. The second-order valence-corrected chi connectivity index (χ2v) is 11.7. The van der Waals surface area contributed by atoms with Gasteiger partial charge in [0.1, 0.15) is 5.82 Å². The van der Waals surface area contributed by atoms with Crippen molar-refractivity contribution < 1.29 is 38.1 Å². The first-order valence-electron chi connectivity index (χ1n) is 13.2. The summed E-state index contributed by atoms with van der Waals surface area (Å²) in [4.78, 5) is 57.0. The first kappa shape index (κ1) is 27.3. The predicted molar refractivity (Wildman–Crippen MR) is 145 cm³/mol. The van der Waals surface area contributed by atoms with E-state index in [1.165, 1.54) is 33.4 Å². The molecule has 2 aromatic rings. The summed E-state index contributed by atoms with van der Waals surface area (Å²) in [5.41, 5.74) is 0.126. The summed E-state index contributed by atoms with van der Waals surface area (Å²) in [5.74, 6) is -5.55. The predicted octanol–water partition coefficient (Wildman–Crippen LogP) is 4.06. The maximum Gasteiger partial charge on any atom is 0.241 e. The largest absolute Gasteiger partial charge is 0.502 e. The van der Waals surface area contributed by atoms with Crippen LogP contribution < -0.4 is 14.4 Å². The van der Waals surface area contributed by atoms with Gasteiger partial charge in [0, 0.05) is 13.0 Å². The number of anilines is 1. The van der Waals surface area contributed by atoms with Gasteiger partial charge < -0.3 is 14.6 Å². The zero-order chi connectivity index (χ0) is 29.5. The van der Waals surface area contributed by atoms with E-state index in [-0.39, 0.29) is 46.2 Å². The summed E-state index contributed by atoms with van der Waals surface area (Å²) < 4.78 is 24.8. The van der Waals surface area contributed by atoms with Crippen molar-refractivity contribution in [2.75, 3.05) is 26.2 Å². The van der Waals surface area contributed by atoms with E-state index in [1.54, 1.807) is 19.1 Å². The van der Waals surface area contributed by atoms with E-state index in [2.05, 4.69) is 0 Å². The Balaban J connectivity index is 1.57. The molecule has 4 amide bonds. The number of hydrogen-bond donors (Lipinski definition) is 1. The lowest BCUT2D eigenvalue weighted by atomic mass is 9.51. The Bertz CT molecular complexity index is 1550. The van der Waals surface area contributed by atoms with Crippen LogP contribution in [0.2, 0.25) is 5.02 Å². The monoisotopic (exact) mass is 582 g/mol. The van der Waals surface area contributed by atoms with Crippen molar-refractivity contribution in [2.45, 2.75) is 25.7 Å². The van der Waals surface area contributed by atoms with E-state index in [9.17, 15) is 28.7 Å². The lowest BCUT2D eigenvalue weighted by Crippen LogP contribution is -2.48. The zero-order valence-electron chi connectivity index (χ0n) is 22.8. The van der Waals surface area contributed by atoms with Gasteiger partial charge in [-0.1, -0.05) is 23.3 Å². The summed E-state index contributed by atoms with van der Waals surface area (Å²) in [6.45, 7) is 1.72. The summed E-state index contributed by atoms with van der Waals surface area (Å²) in [5, 5.41) is 10.4. The molecule has 0 unspecified atom stereocenters. The quantitative estimate of drug-likeness (QED) is 0.427. The van der Waals surface area contributed by atoms with Crippen LogP contribution >= 0.6 is 11.6 Å². The number of phenolic OH excluding ortho intramolecular Hbond substituents is 1. The van der Waals surface area contributed by atoms with Crippen LogP contribution in [0.5, 0.6) is 17.2 Å². The number of carbonyl (C=O) groups is 4. The zero-order valence-corrected chi connectivity index (χ0v) is 23.6. The molecule has 0 spiro atoms. The lowest BCUT2D eigenvalue weighted by molar-refractivity contribution is -0.138. The lowest BCUT2D eigenvalue weighted by Gasteiger charge is -2.49. The van der Waals surface area contributed by atoms with Gasteiger partial charge in [-0.05, 0) is 61.6 Å². The van der Waals surface area contributed by atoms with Crippen LogP contribution in [0.1, 0.15) is 31.2 Å². The fourth-order valence-electron chi connectivity index (χ4n) is 7.50. The molecule has 11 heteroatoms. The number of carbonyl (C=O) groups excluding carboxylic acids is 4. The Morgan fingerprint density at radius 2 is 1.66 bits per heavy atom. The third kappa shape index (κ3) is 3.59. The number of halogens is 2. The van der Waals surface area contributed by atoms with Crippen molar-refractivity contribution in [1.82, 2.24) is 4.90 Å². The van der Waals surface area contributed by atoms with Crippen molar-refractivity contribution in [3.8, 4) is 17.2 Å². The van der Waals surface area contributed by atoms with E-state index >= 15 is 0 Å². The Kier molecular flexibility index (Phi) is 6.19. The highest BCUT2D eigenvalue weighted by Crippen LogP contribution is 2.64. The highest BCUT2D eigenvalue weighted by molar-refractivity contribution is 6.31. The molecule has 6 rings (SSSR count). The Labute approximate surface area is 240 Å². The number of ether oxygens (including phenoxy) is 2. The number of fused-ring (bicyclic) bond motifs is 4. The molecule has 0 radical (unpaired) electrons. The molecule has 41 heavy (non-hydrogen) atoms. The first-order chi connectivity index (χ1) is 19.4. The van der Waals surface area contributed by atoms with Crippen molar-refractivity contribution >= 4 is 40.9 Å². The minimum Gasteiger partial charge on any atom is -0.502 e. The molecule has 2 aliphatic heterocycles. The molecule has 2 aromatic carbocycles. The van der Waals surface area contributed by atoms with Gasteiger partial charge in [0.05, 0.1) is 48.1 Å². The van der Waals surface area contributed by atoms with E-state index in [0.29, 0.717) is 12.0 Å². The van der Waals surface area contributed by atoms with Crippen LogP contribution in [0.4, 0.5) is 10.1 Å². The number of allylic oxidation sites excluding steroid dienone is 2. The van der Waals surface area contributed by atoms with Gasteiger partial charge in [0.15, 0.2) is 11.5 Å². The van der Waals surface area contributed by atoms with Crippen molar-refractivity contribution in [1.29, 1.82) is 0 Å². The number of likely N-dealkylation sites (tertiary alicyclic amines) is 1. The van der Waals surface area contributed by atoms with Crippen molar-refractivity contribution in [3.63, 3.8) is 0 Å². The van der Waals surface area contributed by atoms with E-state index in [0.717, 1.165) is 21.4 Å². The van der Waals surface area contributed by atoms with Gasteiger partial charge in [0.25, 0.3) is 0 Å². The van der Waals surface area contributed by atoms with Crippen molar-refractivity contribution in [2.24, 2.45) is 29.1 Å². The molecule has 0 bridgehead atoms. The topological polar surface area (TPSA) is 113 Å². The minimum atomic E-state index is -1.34. The van der Waals surface area contributed by atoms with Crippen LogP contribution in [0.15, 0.2) is 42.0 Å². The van der Waals surface area contributed by atoms with Gasteiger partial charge in [-0.3, -0.25) is 24.1 Å². The molecule has 1 saturated carbocycles. The SMILES string of the molecule is COc1cc([C@H]2C3=CC[C@@H]4C(=O)N(C)C(=O)[C@@H]4[C@@H]3C[C@H]3C(=O)N(c4ccc(F)c(Cl)c4)C(=O)[C@@]23C)cc(OC)c1O. The Morgan fingerprint density at radius 3 is 2.27 bits per heavy atom. The van der Waals surface area contributed by atoms with E-state index in [1.807, 2.05) is 6.08 Å². The van der Waals surface area contributed by atoms with E-state index in [4.69, 9.17) is 21.1 Å². The number of methoxy groups -OCH3 is 2. The number of nitrogens with zero attached hydrogens (tertiary/aromatic N) is 2. The second kappa shape index (κ2) is 9.30. The van der Waals surface area contributed by atoms with E-state index < -0.39 is 52.6 Å². The summed E-state index contributed by atoms with van der Waals surface area (Å²) in [7, 11) is 4.24. The highest BCUT2D eigenvalue weighted by atomic mass is 35.5. The fourth-order valence-corrected chi connectivity index (χ4v) is 7.68. The van der Waals surface area contributed by atoms with Gasteiger partial charge in [0.2, 0.25) is 29.4 Å². The number of benzene rings is 2. The molecule has 9 nitrogen and oxygen atoms in total. The molecule has 214 valence electrons. The third-order valence-corrected chi connectivity index (χ3v) is 9.78. The van der Waals surface area contributed by atoms with Crippen molar-refractivity contribution in [3.05, 3.63) is 58.4 Å².